The average Bonchev–Trinajstić information content (AvgIpc) is 2.72. The zero-order valence-electron chi connectivity index (χ0n) is 10.6. The smallest absolute Gasteiger partial charge is 0.169 e. The molecule has 1 atom stereocenters. The highest BCUT2D eigenvalue weighted by atomic mass is 79.9. The summed E-state index contributed by atoms with van der Waals surface area (Å²) >= 11 is 6.89. The van der Waals surface area contributed by atoms with E-state index in [0.717, 1.165) is 16.1 Å². The van der Waals surface area contributed by atoms with E-state index in [1.807, 2.05) is 12.1 Å². The third-order valence-corrected chi connectivity index (χ3v) is 4.52. The van der Waals surface area contributed by atoms with Gasteiger partial charge < -0.3 is 9.73 Å². The van der Waals surface area contributed by atoms with E-state index in [9.17, 15) is 0 Å². The van der Waals surface area contributed by atoms with Crippen LogP contribution in [0.4, 0.5) is 5.69 Å². The lowest BCUT2D eigenvalue weighted by molar-refractivity contribution is 0.471. The first-order valence-electron chi connectivity index (χ1n) is 5.76. The molecule has 18 heavy (non-hydrogen) atoms. The van der Waals surface area contributed by atoms with Crippen LogP contribution in [0.15, 0.2) is 37.8 Å². The SMILES string of the molecule is Cc1cc(NC(C)c2ccc(Br)o2)cc(C)c1Br. The van der Waals surface area contributed by atoms with Crippen LogP contribution in [-0.4, -0.2) is 0 Å². The van der Waals surface area contributed by atoms with E-state index in [1.54, 1.807) is 0 Å². The van der Waals surface area contributed by atoms with Crippen molar-refractivity contribution in [2.24, 2.45) is 0 Å². The van der Waals surface area contributed by atoms with Crippen molar-refractivity contribution >= 4 is 37.5 Å². The van der Waals surface area contributed by atoms with Crippen molar-refractivity contribution < 1.29 is 4.42 Å². The van der Waals surface area contributed by atoms with Gasteiger partial charge in [-0.1, -0.05) is 15.9 Å². The molecular weight excluding hydrogens is 358 g/mol. The normalized spacial score (nSPS) is 12.5. The molecule has 0 radical (unpaired) electrons. The summed E-state index contributed by atoms with van der Waals surface area (Å²) in [6.07, 6.45) is 0. The van der Waals surface area contributed by atoms with Crippen LogP contribution in [0.5, 0.6) is 0 Å². The van der Waals surface area contributed by atoms with Crippen LogP contribution in [0.1, 0.15) is 29.9 Å². The zero-order valence-corrected chi connectivity index (χ0v) is 13.7. The van der Waals surface area contributed by atoms with Crippen LogP contribution in [-0.2, 0) is 0 Å². The van der Waals surface area contributed by atoms with E-state index in [4.69, 9.17) is 4.42 Å². The lowest BCUT2D eigenvalue weighted by Crippen LogP contribution is -2.06. The van der Waals surface area contributed by atoms with Gasteiger partial charge in [-0.05, 0) is 72.1 Å². The maximum absolute atomic E-state index is 5.55. The molecular formula is C14H15Br2NO. The summed E-state index contributed by atoms with van der Waals surface area (Å²) in [6.45, 7) is 6.27. The van der Waals surface area contributed by atoms with Crippen LogP contribution in [0.25, 0.3) is 0 Å². The quantitative estimate of drug-likeness (QED) is 0.759. The molecule has 1 heterocycles. The molecule has 2 rings (SSSR count). The number of halogens is 2. The number of aryl methyl sites for hydroxylation is 2. The van der Waals surface area contributed by atoms with E-state index in [0.29, 0.717) is 0 Å². The Bertz CT molecular complexity index is 540. The van der Waals surface area contributed by atoms with E-state index in [1.165, 1.54) is 15.6 Å². The van der Waals surface area contributed by atoms with E-state index in [-0.39, 0.29) is 6.04 Å². The molecule has 2 aromatic rings. The minimum absolute atomic E-state index is 0.135. The molecule has 2 nitrogen and oxygen atoms in total. The number of furan rings is 1. The second kappa shape index (κ2) is 5.49. The molecule has 4 heteroatoms. The maximum Gasteiger partial charge on any atom is 0.169 e. The van der Waals surface area contributed by atoms with Gasteiger partial charge in [-0.15, -0.1) is 0 Å². The van der Waals surface area contributed by atoms with Gasteiger partial charge in [0.25, 0.3) is 0 Å². The van der Waals surface area contributed by atoms with E-state index >= 15 is 0 Å². The number of rotatable bonds is 3. The molecule has 0 aliphatic rings. The van der Waals surface area contributed by atoms with Gasteiger partial charge in [0.05, 0.1) is 6.04 Å². The van der Waals surface area contributed by atoms with Crippen molar-refractivity contribution in [1.29, 1.82) is 0 Å². The molecule has 96 valence electrons. The molecule has 1 N–H and O–H groups in total. The van der Waals surface area contributed by atoms with Crippen molar-refractivity contribution in [2.45, 2.75) is 26.8 Å². The Morgan fingerprint density at radius 3 is 2.22 bits per heavy atom. The largest absolute Gasteiger partial charge is 0.452 e. The Kier molecular flexibility index (Phi) is 4.17. The summed E-state index contributed by atoms with van der Waals surface area (Å²) in [7, 11) is 0. The van der Waals surface area contributed by atoms with Crippen LogP contribution >= 0.6 is 31.9 Å². The third kappa shape index (κ3) is 2.98. The maximum atomic E-state index is 5.55. The van der Waals surface area contributed by atoms with Gasteiger partial charge >= 0.3 is 0 Å². The molecule has 0 bridgehead atoms. The Morgan fingerprint density at radius 2 is 1.72 bits per heavy atom. The molecule has 1 aromatic carbocycles. The van der Waals surface area contributed by atoms with Gasteiger partial charge in [0.2, 0.25) is 0 Å². The number of anilines is 1. The minimum Gasteiger partial charge on any atom is -0.452 e. The van der Waals surface area contributed by atoms with Gasteiger partial charge in [-0.2, -0.15) is 0 Å². The predicted molar refractivity (Wildman–Crippen MR) is 82.1 cm³/mol. The molecule has 1 unspecified atom stereocenters. The molecule has 0 aliphatic heterocycles. The van der Waals surface area contributed by atoms with Gasteiger partial charge in [0.15, 0.2) is 4.67 Å². The highest BCUT2D eigenvalue weighted by molar-refractivity contribution is 9.10. The Balaban J connectivity index is 2.19. The second-order valence-corrected chi connectivity index (χ2v) is 6.01. The van der Waals surface area contributed by atoms with Crippen molar-refractivity contribution in [2.75, 3.05) is 5.32 Å². The number of hydrogen-bond acceptors (Lipinski definition) is 2. The molecule has 0 amide bonds. The van der Waals surface area contributed by atoms with Crippen molar-refractivity contribution in [3.63, 3.8) is 0 Å². The first kappa shape index (κ1) is 13.7. The third-order valence-electron chi connectivity index (χ3n) is 2.84. The topological polar surface area (TPSA) is 25.2 Å². The number of hydrogen-bond donors (Lipinski definition) is 1. The van der Waals surface area contributed by atoms with Gasteiger partial charge in [0.1, 0.15) is 5.76 Å². The standard InChI is InChI=1S/C14H15Br2NO/c1-8-6-11(7-9(2)14(8)16)17-10(3)12-4-5-13(15)18-12/h4-7,10,17H,1-3H3. The van der Waals surface area contributed by atoms with Crippen LogP contribution in [0.2, 0.25) is 0 Å². The lowest BCUT2D eigenvalue weighted by Gasteiger charge is -2.15. The van der Waals surface area contributed by atoms with Gasteiger partial charge in [0, 0.05) is 10.2 Å². The summed E-state index contributed by atoms with van der Waals surface area (Å²) in [4.78, 5) is 0. The van der Waals surface area contributed by atoms with E-state index in [2.05, 4.69) is 70.1 Å². The number of nitrogens with one attached hydrogen (secondary N) is 1. The summed E-state index contributed by atoms with van der Waals surface area (Å²) in [5.74, 6) is 0.917. The molecule has 0 saturated carbocycles. The fourth-order valence-electron chi connectivity index (χ4n) is 1.91. The summed E-state index contributed by atoms with van der Waals surface area (Å²) in [5, 5.41) is 3.44. The highest BCUT2D eigenvalue weighted by Crippen LogP contribution is 2.28. The van der Waals surface area contributed by atoms with Crippen molar-refractivity contribution in [3.05, 3.63) is 50.3 Å². The zero-order chi connectivity index (χ0) is 13.3. The average molecular weight is 373 g/mol. The Morgan fingerprint density at radius 1 is 1.11 bits per heavy atom. The number of benzene rings is 1. The molecule has 1 aromatic heterocycles. The summed E-state index contributed by atoms with van der Waals surface area (Å²) in [5.41, 5.74) is 3.56. The van der Waals surface area contributed by atoms with Crippen LogP contribution in [0.3, 0.4) is 0 Å². The van der Waals surface area contributed by atoms with E-state index < -0.39 is 0 Å². The predicted octanol–water partition coefficient (Wildman–Crippen LogP) is 5.59. The van der Waals surface area contributed by atoms with Gasteiger partial charge in [-0.3, -0.25) is 0 Å². The van der Waals surface area contributed by atoms with Crippen molar-refractivity contribution in [3.8, 4) is 0 Å². The van der Waals surface area contributed by atoms with Crippen LogP contribution < -0.4 is 5.32 Å². The summed E-state index contributed by atoms with van der Waals surface area (Å²) in [6, 6.07) is 8.28. The molecule has 0 aliphatic carbocycles. The second-order valence-electron chi connectivity index (χ2n) is 4.43. The Hall–Kier alpha value is -0.740. The lowest BCUT2D eigenvalue weighted by atomic mass is 10.1. The highest BCUT2D eigenvalue weighted by Gasteiger charge is 2.11. The fourth-order valence-corrected chi connectivity index (χ4v) is 2.46. The van der Waals surface area contributed by atoms with Crippen LogP contribution in [0, 0.1) is 13.8 Å². The fraction of sp³-hybridized carbons (Fsp3) is 0.286. The molecule has 0 spiro atoms. The minimum atomic E-state index is 0.135. The molecule has 0 saturated heterocycles. The molecule has 0 fully saturated rings. The van der Waals surface area contributed by atoms with Gasteiger partial charge in [-0.25, -0.2) is 0 Å². The summed E-state index contributed by atoms with van der Waals surface area (Å²) < 4.78 is 7.47. The Labute approximate surface area is 124 Å². The van der Waals surface area contributed by atoms with Crippen molar-refractivity contribution in [1.82, 2.24) is 0 Å². The first-order chi connectivity index (χ1) is 8.47. The first-order valence-corrected chi connectivity index (χ1v) is 7.34. The monoisotopic (exact) mass is 371 g/mol.